The molecule has 1 aromatic heterocycles. The van der Waals surface area contributed by atoms with Gasteiger partial charge in [-0.15, -0.1) is 11.3 Å². The number of thiophene rings is 1. The van der Waals surface area contributed by atoms with Crippen molar-refractivity contribution >= 4 is 34.1 Å². The Labute approximate surface area is 189 Å². The standard InChI is InChI=1S/C27H30N2OS/c1-19(2)21-16-14-20(15-17-21)18-28-27-25(26(30)29-22-10-6-5-7-11-22)23-12-8-3-4-9-13-24(23)31-27/h5-7,10-11,14-19H,3-4,8-9,12-13H2,1-2H3,(H,29,30). The number of carbonyl (C=O) groups excluding carboxylic acids is 1. The molecule has 1 aliphatic rings. The first-order chi connectivity index (χ1) is 15.1. The van der Waals surface area contributed by atoms with Crippen LogP contribution in [-0.4, -0.2) is 12.1 Å². The average molecular weight is 431 g/mol. The Bertz CT molecular complexity index is 1050. The van der Waals surface area contributed by atoms with Gasteiger partial charge < -0.3 is 5.32 Å². The molecule has 2 aromatic carbocycles. The molecule has 0 spiro atoms. The molecule has 1 amide bonds. The predicted octanol–water partition coefficient (Wildman–Crippen LogP) is 7.53. The second-order valence-electron chi connectivity index (χ2n) is 8.50. The molecule has 0 atom stereocenters. The van der Waals surface area contributed by atoms with Crippen molar-refractivity contribution in [3.05, 3.63) is 81.7 Å². The molecule has 31 heavy (non-hydrogen) atoms. The molecule has 160 valence electrons. The first-order valence-electron chi connectivity index (χ1n) is 11.3. The summed E-state index contributed by atoms with van der Waals surface area (Å²) in [6, 6.07) is 18.2. The Morgan fingerprint density at radius 3 is 2.39 bits per heavy atom. The fourth-order valence-corrected chi connectivity index (χ4v) is 5.28. The van der Waals surface area contributed by atoms with E-state index in [2.05, 4.69) is 43.4 Å². The lowest BCUT2D eigenvalue weighted by Crippen LogP contribution is -2.14. The normalized spacial score (nSPS) is 14.3. The third kappa shape index (κ3) is 5.31. The van der Waals surface area contributed by atoms with Crippen LogP contribution in [0.25, 0.3) is 0 Å². The van der Waals surface area contributed by atoms with E-state index in [1.54, 1.807) is 11.3 Å². The molecule has 0 bridgehead atoms. The third-order valence-electron chi connectivity index (χ3n) is 5.85. The van der Waals surface area contributed by atoms with Gasteiger partial charge in [-0.2, -0.15) is 0 Å². The van der Waals surface area contributed by atoms with Crippen molar-refractivity contribution in [1.82, 2.24) is 0 Å². The quantitative estimate of drug-likeness (QED) is 0.418. The zero-order valence-electron chi connectivity index (χ0n) is 18.4. The maximum Gasteiger partial charge on any atom is 0.259 e. The summed E-state index contributed by atoms with van der Waals surface area (Å²) in [5.41, 5.74) is 5.16. The van der Waals surface area contributed by atoms with E-state index in [1.807, 2.05) is 36.5 Å². The smallest absolute Gasteiger partial charge is 0.259 e. The lowest BCUT2D eigenvalue weighted by molar-refractivity contribution is 0.102. The Kier molecular flexibility index (Phi) is 6.98. The van der Waals surface area contributed by atoms with Crippen LogP contribution in [0.1, 0.15) is 77.4 Å². The van der Waals surface area contributed by atoms with Gasteiger partial charge in [-0.05, 0) is 60.4 Å². The molecule has 0 saturated heterocycles. The van der Waals surface area contributed by atoms with E-state index in [0.29, 0.717) is 5.92 Å². The first kappa shape index (κ1) is 21.5. The third-order valence-corrected chi connectivity index (χ3v) is 7.05. The summed E-state index contributed by atoms with van der Waals surface area (Å²) < 4.78 is 0. The lowest BCUT2D eigenvalue weighted by Gasteiger charge is -2.12. The van der Waals surface area contributed by atoms with Crippen molar-refractivity contribution in [2.75, 3.05) is 5.32 Å². The number of benzene rings is 2. The van der Waals surface area contributed by atoms with Gasteiger partial charge >= 0.3 is 0 Å². The molecule has 0 radical (unpaired) electrons. The first-order valence-corrected chi connectivity index (χ1v) is 12.1. The largest absolute Gasteiger partial charge is 0.322 e. The van der Waals surface area contributed by atoms with Gasteiger partial charge in [0.05, 0.1) is 5.56 Å². The summed E-state index contributed by atoms with van der Waals surface area (Å²) in [6.07, 6.45) is 8.72. The monoisotopic (exact) mass is 430 g/mol. The molecule has 0 saturated carbocycles. The van der Waals surface area contributed by atoms with Gasteiger partial charge in [0, 0.05) is 16.8 Å². The highest BCUT2D eigenvalue weighted by molar-refractivity contribution is 7.16. The van der Waals surface area contributed by atoms with Crippen molar-refractivity contribution in [2.24, 2.45) is 4.99 Å². The molecule has 4 heteroatoms. The number of aryl methyl sites for hydroxylation is 1. The van der Waals surface area contributed by atoms with E-state index in [-0.39, 0.29) is 5.91 Å². The average Bonchev–Trinajstić information content (AvgIpc) is 3.09. The summed E-state index contributed by atoms with van der Waals surface area (Å²) in [7, 11) is 0. The number of hydrogen-bond donors (Lipinski definition) is 1. The minimum absolute atomic E-state index is 0.0495. The molecule has 0 aliphatic heterocycles. The van der Waals surface area contributed by atoms with Crippen molar-refractivity contribution < 1.29 is 4.79 Å². The fourth-order valence-electron chi connectivity index (χ4n) is 4.05. The van der Waals surface area contributed by atoms with Crippen molar-refractivity contribution in [2.45, 2.75) is 58.3 Å². The number of fused-ring (bicyclic) bond motifs is 1. The SMILES string of the molecule is CC(C)c1ccc(C=Nc2sc3c(c2C(=O)Nc2ccccc2)CCCCCC3)cc1. The summed E-state index contributed by atoms with van der Waals surface area (Å²) in [5, 5.41) is 3.91. The summed E-state index contributed by atoms with van der Waals surface area (Å²) in [4.78, 5) is 19.5. The van der Waals surface area contributed by atoms with Crippen LogP contribution in [0, 0.1) is 0 Å². The van der Waals surface area contributed by atoms with Crippen LogP contribution in [-0.2, 0) is 12.8 Å². The number of amides is 1. The molecule has 4 rings (SSSR count). The second kappa shape index (κ2) is 10.1. The Hall–Kier alpha value is -2.72. The van der Waals surface area contributed by atoms with E-state index in [9.17, 15) is 4.79 Å². The van der Waals surface area contributed by atoms with Crippen LogP contribution < -0.4 is 5.32 Å². The van der Waals surface area contributed by atoms with Crippen LogP contribution in [0.5, 0.6) is 0 Å². The van der Waals surface area contributed by atoms with Crippen LogP contribution in [0.15, 0.2) is 59.6 Å². The minimum atomic E-state index is -0.0495. The molecule has 0 unspecified atom stereocenters. The number of aliphatic imine (C=N–C) groups is 1. The molecule has 1 heterocycles. The van der Waals surface area contributed by atoms with Gasteiger partial charge in [-0.1, -0.05) is 69.2 Å². The minimum Gasteiger partial charge on any atom is -0.322 e. The summed E-state index contributed by atoms with van der Waals surface area (Å²) >= 11 is 1.69. The predicted molar refractivity (Wildman–Crippen MR) is 132 cm³/mol. The highest BCUT2D eigenvalue weighted by atomic mass is 32.1. The molecule has 0 fully saturated rings. The van der Waals surface area contributed by atoms with Gasteiger partial charge in [-0.3, -0.25) is 4.79 Å². The number of nitrogens with one attached hydrogen (secondary N) is 1. The van der Waals surface area contributed by atoms with E-state index in [0.717, 1.165) is 41.1 Å². The number of hydrogen-bond acceptors (Lipinski definition) is 3. The number of anilines is 1. The number of carbonyl (C=O) groups is 1. The van der Waals surface area contributed by atoms with Gasteiger partial charge in [0.2, 0.25) is 0 Å². The molecule has 3 aromatic rings. The molecular weight excluding hydrogens is 400 g/mol. The van der Waals surface area contributed by atoms with E-state index >= 15 is 0 Å². The van der Waals surface area contributed by atoms with Gasteiger partial charge in [0.25, 0.3) is 5.91 Å². The number of para-hydroxylation sites is 1. The van der Waals surface area contributed by atoms with Crippen molar-refractivity contribution in [3.8, 4) is 0 Å². The number of nitrogens with zero attached hydrogens (tertiary/aromatic N) is 1. The molecular formula is C27H30N2OS. The Balaban J connectivity index is 1.67. The van der Waals surface area contributed by atoms with Crippen molar-refractivity contribution in [3.63, 3.8) is 0 Å². The van der Waals surface area contributed by atoms with Crippen LogP contribution in [0.4, 0.5) is 10.7 Å². The molecule has 1 aliphatic carbocycles. The van der Waals surface area contributed by atoms with E-state index in [1.165, 1.54) is 35.3 Å². The molecule has 1 N–H and O–H groups in total. The highest BCUT2D eigenvalue weighted by Gasteiger charge is 2.24. The topological polar surface area (TPSA) is 41.5 Å². The van der Waals surface area contributed by atoms with Crippen LogP contribution in [0.3, 0.4) is 0 Å². The maximum absolute atomic E-state index is 13.3. The zero-order chi connectivity index (χ0) is 21.6. The van der Waals surface area contributed by atoms with E-state index < -0.39 is 0 Å². The Morgan fingerprint density at radius 1 is 0.968 bits per heavy atom. The second-order valence-corrected chi connectivity index (χ2v) is 9.58. The van der Waals surface area contributed by atoms with Gasteiger partial charge in [-0.25, -0.2) is 4.99 Å². The van der Waals surface area contributed by atoms with Crippen LogP contribution >= 0.6 is 11.3 Å². The molecule has 3 nitrogen and oxygen atoms in total. The number of rotatable bonds is 5. The van der Waals surface area contributed by atoms with E-state index in [4.69, 9.17) is 4.99 Å². The van der Waals surface area contributed by atoms with Crippen LogP contribution in [0.2, 0.25) is 0 Å². The zero-order valence-corrected chi connectivity index (χ0v) is 19.2. The van der Waals surface area contributed by atoms with Gasteiger partial charge in [0.1, 0.15) is 5.00 Å². The Morgan fingerprint density at radius 2 is 1.68 bits per heavy atom. The van der Waals surface area contributed by atoms with Crippen molar-refractivity contribution in [1.29, 1.82) is 0 Å². The van der Waals surface area contributed by atoms with Gasteiger partial charge in [0.15, 0.2) is 0 Å². The summed E-state index contributed by atoms with van der Waals surface area (Å²) in [5.74, 6) is 0.461. The highest BCUT2D eigenvalue weighted by Crippen LogP contribution is 2.39. The maximum atomic E-state index is 13.3. The summed E-state index contributed by atoms with van der Waals surface area (Å²) in [6.45, 7) is 4.39. The fraction of sp³-hybridized carbons (Fsp3) is 0.333. The lowest BCUT2D eigenvalue weighted by atomic mass is 9.96.